The van der Waals surface area contributed by atoms with Crippen molar-refractivity contribution in [3.05, 3.63) is 18.5 Å². The lowest BCUT2D eigenvalue weighted by atomic mass is 10.1. The molecule has 1 saturated carbocycles. The van der Waals surface area contributed by atoms with Crippen LogP contribution in [0.2, 0.25) is 0 Å². The van der Waals surface area contributed by atoms with Crippen LogP contribution in [0.25, 0.3) is 0 Å². The Morgan fingerprint density at radius 2 is 2.29 bits per heavy atom. The van der Waals surface area contributed by atoms with Gasteiger partial charge in [-0.05, 0) is 33.0 Å². The Labute approximate surface area is 143 Å². The molecule has 1 aromatic rings. The maximum absolute atomic E-state index is 12.6. The zero-order chi connectivity index (χ0) is 17.0. The van der Waals surface area contributed by atoms with Crippen LogP contribution in [0.4, 0.5) is 4.79 Å². The molecule has 1 unspecified atom stereocenters. The van der Waals surface area contributed by atoms with Gasteiger partial charge in [0, 0.05) is 56.5 Å². The van der Waals surface area contributed by atoms with E-state index in [1.54, 1.807) is 6.20 Å². The molecule has 134 valence electrons. The highest BCUT2D eigenvalue weighted by Crippen LogP contribution is 2.46. The molecule has 2 aliphatic rings. The first-order chi connectivity index (χ1) is 11.6. The maximum Gasteiger partial charge on any atom is 0.317 e. The largest absolute Gasteiger partial charge is 0.379 e. The molecule has 2 heterocycles. The molecule has 1 atom stereocenters. The highest BCUT2D eigenvalue weighted by atomic mass is 16.5. The van der Waals surface area contributed by atoms with E-state index in [4.69, 9.17) is 4.74 Å². The molecular weight excluding hydrogens is 306 g/mol. The first kappa shape index (κ1) is 17.2. The van der Waals surface area contributed by atoms with Crippen LogP contribution in [0.3, 0.4) is 0 Å². The van der Waals surface area contributed by atoms with Crippen molar-refractivity contribution < 1.29 is 9.53 Å². The standard InChI is InChI=1S/C17H29N5O2/c1-20(2)10-15-11-21(8-9-24-12-15)16(23)18-13-17(4-5-17)14-22-7-3-6-19-22/h3,6-7,15H,4-5,8-14H2,1-2H3,(H,18,23). The quantitative estimate of drug-likeness (QED) is 0.838. The zero-order valence-corrected chi connectivity index (χ0v) is 14.8. The summed E-state index contributed by atoms with van der Waals surface area (Å²) in [5, 5.41) is 7.43. The average Bonchev–Trinajstić information content (AvgIpc) is 3.19. The first-order valence-corrected chi connectivity index (χ1v) is 8.79. The Morgan fingerprint density at radius 3 is 2.96 bits per heavy atom. The molecule has 0 bridgehead atoms. The van der Waals surface area contributed by atoms with Crippen molar-refractivity contribution >= 4 is 6.03 Å². The van der Waals surface area contributed by atoms with Gasteiger partial charge in [-0.3, -0.25) is 4.68 Å². The normalized spacial score (nSPS) is 23.1. The first-order valence-electron chi connectivity index (χ1n) is 8.79. The van der Waals surface area contributed by atoms with Gasteiger partial charge in [-0.1, -0.05) is 0 Å². The molecular formula is C17H29N5O2. The van der Waals surface area contributed by atoms with E-state index in [9.17, 15) is 4.79 Å². The Morgan fingerprint density at radius 1 is 1.46 bits per heavy atom. The van der Waals surface area contributed by atoms with E-state index in [0.29, 0.717) is 19.1 Å². The molecule has 7 nitrogen and oxygen atoms in total. The summed E-state index contributed by atoms with van der Waals surface area (Å²) >= 11 is 0. The second-order valence-electron chi connectivity index (χ2n) is 7.51. The van der Waals surface area contributed by atoms with Gasteiger partial charge in [0.05, 0.1) is 13.2 Å². The summed E-state index contributed by atoms with van der Waals surface area (Å²) in [5.41, 5.74) is 0.188. The number of carbonyl (C=O) groups is 1. The lowest BCUT2D eigenvalue weighted by Crippen LogP contribution is -2.46. The van der Waals surface area contributed by atoms with Crippen LogP contribution in [0.5, 0.6) is 0 Å². The number of nitrogens with zero attached hydrogens (tertiary/aromatic N) is 4. The fraction of sp³-hybridized carbons (Fsp3) is 0.765. The Kier molecular flexibility index (Phi) is 5.40. The summed E-state index contributed by atoms with van der Waals surface area (Å²) in [6, 6.07) is 1.98. The molecule has 0 radical (unpaired) electrons. The third-order valence-corrected chi connectivity index (χ3v) is 4.88. The van der Waals surface area contributed by atoms with E-state index in [-0.39, 0.29) is 11.4 Å². The number of nitrogens with one attached hydrogen (secondary N) is 1. The predicted octanol–water partition coefficient (Wildman–Crippen LogP) is 0.883. The summed E-state index contributed by atoms with van der Waals surface area (Å²) in [7, 11) is 4.11. The summed E-state index contributed by atoms with van der Waals surface area (Å²) in [6.45, 7) is 5.32. The second kappa shape index (κ2) is 7.53. The third-order valence-electron chi connectivity index (χ3n) is 4.88. The van der Waals surface area contributed by atoms with Crippen molar-refractivity contribution in [2.45, 2.75) is 19.4 Å². The van der Waals surface area contributed by atoms with Crippen molar-refractivity contribution in [1.29, 1.82) is 0 Å². The van der Waals surface area contributed by atoms with E-state index in [0.717, 1.165) is 45.6 Å². The molecule has 7 heteroatoms. The Hall–Kier alpha value is -1.60. The van der Waals surface area contributed by atoms with E-state index >= 15 is 0 Å². The molecule has 1 saturated heterocycles. The number of aromatic nitrogens is 2. The van der Waals surface area contributed by atoms with E-state index < -0.39 is 0 Å². The molecule has 2 fully saturated rings. The highest BCUT2D eigenvalue weighted by molar-refractivity contribution is 5.74. The van der Waals surface area contributed by atoms with E-state index in [2.05, 4.69) is 29.4 Å². The number of amides is 2. The number of urea groups is 1. The zero-order valence-electron chi connectivity index (χ0n) is 14.8. The Bertz CT molecular complexity index is 527. The smallest absolute Gasteiger partial charge is 0.317 e. The van der Waals surface area contributed by atoms with Crippen LogP contribution in [-0.2, 0) is 11.3 Å². The molecule has 1 aromatic heterocycles. The third kappa shape index (κ3) is 4.70. The van der Waals surface area contributed by atoms with Gasteiger partial charge in [0.2, 0.25) is 0 Å². The minimum absolute atomic E-state index is 0.0380. The second-order valence-corrected chi connectivity index (χ2v) is 7.51. The van der Waals surface area contributed by atoms with Gasteiger partial charge in [-0.25, -0.2) is 4.79 Å². The lowest BCUT2D eigenvalue weighted by molar-refractivity contribution is 0.112. The van der Waals surface area contributed by atoms with Crippen LogP contribution in [-0.4, -0.2) is 79.1 Å². The monoisotopic (exact) mass is 335 g/mol. The minimum atomic E-state index is 0.0380. The molecule has 1 N–H and O–H groups in total. The summed E-state index contributed by atoms with van der Waals surface area (Å²) < 4.78 is 7.62. The number of carbonyl (C=O) groups excluding carboxylic acids is 1. The van der Waals surface area contributed by atoms with Gasteiger partial charge >= 0.3 is 6.03 Å². The fourth-order valence-electron chi connectivity index (χ4n) is 3.37. The van der Waals surface area contributed by atoms with Crippen LogP contribution >= 0.6 is 0 Å². The molecule has 0 spiro atoms. The predicted molar refractivity (Wildman–Crippen MR) is 91.7 cm³/mol. The molecule has 0 aromatic carbocycles. The average molecular weight is 335 g/mol. The molecule has 1 aliphatic carbocycles. The van der Waals surface area contributed by atoms with Crippen LogP contribution in [0.15, 0.2) is 18.5 Å². The fourth-order valence-corrected chi connectivity index (χ4v) is 3.37. The van der Waals surface area contributed by atoms with E-state index in [1.807, 2.05) is 21.8 Å². The van der Waals surface area contributed by atoms with Gasteiger partial charge < -0.3 is 19.9 Å². The van der Waals surface area contributed by atoms with Crippen molar-refractivity contribution in [2.24, 2.45) is 11.3 Å². The summed E-state index contributed by atoms with van der Waals surface area (Å²) in [4.78, 5) is 16.6. The van der Waals surface area contributed by atoms with Crippen LogP contribution in [0.1, 0.15) is 12.8 Å². The van der Waals surface area contributed by atoms with Crippen molar-refractivity contribution in [1.82, 2.24) is 24.9 Å². The van der Waals surface area contributed by atoms with Crippen molar-refractivity contribution in [3.63, 3.8) is 0 Å². The molecule has 24 heavy (non-hydrogen) atoms. The van der Waals surface area contributed by atoms with Crippen molar-refractivity contribution in [2.75, 3.05) is 53.5 Å². The number of hydrogen-bond acceptors (Lipinski definition) is 4. The molecule has 2 amide bonds. The summed E-state index contributed by atoms with van der Waals surface area (Å²) in [6.07, 6.45) is 6.09. The van der Waals surface area contributed by atoms with Gasteiger partial charge in [0.25, 0.3) is 0 Å². The van der Waals surface area contributed by atoms with E-state index in [1.165, 1.54) is 0 Å². The Balaban J connectivity index is 1.48. The van der Waals surface area contributed by atoms with Gasteiger partial charge in [-0.2, -0.15) is 5.10 Å². The minimum Gasteiger partial charge on any atom is -0.379 e. The van der Waals surface area contributed by atoms with Crippen LogP contribution in [0, 0.1) is 11.3 Å². The molecule has 3 rings (SSSR count). The number of hydrogen-bond donors (Lipinski definition) is 1. The van der Waals surface area contributed by atoms with Gasteiger partial charge in [0.15, 0.2) is 0 Å². The highest BCUT2D eigenvalue weighted by Gasteiger charge is 2.43. The summed E-state index contributed by atoms with van der Waals surface area (Å²) in [5.74, 6) is 0.368. The number of rotatable bonds is 6. The van der Waals surface area contributed by atoms with Crippen LogP contribution < -0.4 is 5.32 Å². The SMILES string of the molecule is CN(C)CC1COCCN(C(=O)NCC2(Cn3cccn3)CC2)C1. The van der Waals surface area contributed by atoms with Gasteiger partial charge in [-0.15, -0.1) is 0 Å². The topological polar surface area (TPSA) is 62.6 Å². The maximum atomic E-state index is 12.6. The number of ether oxygens (including phenoxy) is 1. The molecule has 1 aliphatic heterocycles. The lowest BCUT2D eigenvalue weighted by Gasteiger charge is -2.26. The van der Waals surface area contributed by atoms with Crippen molar-refractivity contribution in [3.8, 4) is 0 Å². The van der Waals surface area contributed by atoms with Gasteiger partial charge in [0.1, 0.15) is 0 Å².